The minimum atomic E-state index is -3.23. The molecule has 0 bridgehead atoms. The number of piperidine rings is 1. The molecule has 0 aliphatic carbocycles. The van der Waals surface area contributed by atoms with Gasteiger partial charge in [-0.1, -0.05) is 30.4 Å². The molecule has 0 N–H and O–H groups in total. The predicted molar refractivity (Wildman–Crippen MR) is 124 cm³/mol. The van der Waals surface area contributed by atoms with Crippen molar-refractivity contribution in [3.05, 3.63) is 53.9 Å². The molecule has 1 saturated heterocycles. The summed E-state index contributed by atoms with van der Waals surface area (Å²) in [4.78, 5) is 24.2. The summed E-state index contributed by atoms with van der Waals surface area (Å²) in [7, 11) is -3.23. The number of sulfonamides is 1. The van der Waals surface area contributed by atoms with Crippen molar-refractivity contribution in [3.63, 3.8) is 0 Å². The number of hydrogen-bond donors (Lipinski definition) is 0. The molecular weight excluding hydrogens is 432 g/mol. The lowest BCUT2D eigenvalue weighted by Gasteiger charge is -2.32. The Hall–Kier alpha value is -2.36. The quantitative estimate of drug-likeness (QED) is 0.565. The molecule has 1 aliphatic heterocycles. The Morgan fingerprint density at radius 3 is 2.65 bits per heavy atom. The molecule has 0 radical (unpaired) electrons. The molecule has 1 amide bonds. The van der Waals surface area contributed by atoms with E-state index in [4.69, 9.17) is 4.98 Å². The maximum atomic E-state index is 13.6. The number of aromatic nitrogens is 2. The predicted octanol–water partition coefficient (Wildman–Crippen LogP) is 3.46. The Morgan fingerprint density at radius 2 is 2.00 bits per heavy atom. The fourth-order valence-electron chi connectivity index (χ4n) is 3.86. The van der Waals surface area contributed by atoms with E-state index in [-0.39, 0.29) is 11.8 Å². The third-order valence-corrected chi connectivity index (χ3v) is 8.03. The summed E-state index contributed by atoms with van der Waals surface area (Å²) in [6.07, 6.45) is 6.66. The summed E-state index contributed by atoms with van der Waals surface area (Å²) in [5, 5.41) is 0.669. The molecule has 0 unspecified atom stereocenters. The van der Waals surface area contributed by atoms with Crippen molar-refractivity contribution in [2.75, 3.05) is 24.2 Å². The Balaban J connectivity index is 1.62. The van der Waals surface area contributed by atoms with Crippen LogP contribution in [0, 0.1) is 5.92 Å². The van der Waals surface area contributed by atoms with Gasteiger partial charge >= 0.3 is 0 Å². The van der Waals surface area contributed by atoms with Gasteiger partial charge in [-0.3, -0.25) is 14.7 Å². The topological polar surface area (TPSA) is 83.5 Å². The van der Waals surface area contributed by atoms with Gasteiger partial charge in [-0.2, -0.15) is 0 Å². The monoisotopic (exact) mass is 458 g/mol. The van der Waals surface area contributed by atoms with Crippen molar-refractivity contribution >= 4 is 42.6 Å². The number of thiazole rings is 1. The van der Waals surface area contributed by atoms with Crippen molar-refractivity contribution in [2.45, 2.75) is 32.7 Å². The average Bonchev–Trinajstić information content (AvgIpc) is 3.20. The maximum absolute atomic E-state index is 13.6. The molecule has 2 aromatic heterocycles. The number of pyridine rings is 1. The Kier molecular flexibility index (Phi) is 6.36. The molecule has 7 nitrogen and oxygen atoms in total. The maximum Gasteiger partial charge on any atom is 0.232 e. The van der Waals surface area contributed by atoms with E-state index in [1.54, 1.807) is 17.3 Å². The van der Waals surface area contributed by atoms with Crippen LogP contribution in [0.3, 0.4) is 0 Å². The first-order valence-electron chi connectivity index (χ1n) is 10.4. The van der Waals surface area contributed by atoms with E-state index in [0.29, 0.717) is 37.6 Å². The van der Waals surface area contributed by atoms with Crippen molar-refractivity contribution in [3.8, 4) is 0 Å². The Bertz CT molecular complexity index is 1170. The molecule has 31 heavy (non-hydrogen) atoms. The first-order chi connectivity index (χ1) is 14.8. The van der Waals surface area contributed by atoms with E-state index in [1.165, 1.54) is 27.5 Å². The van der Waals surface area contributed by atoms with Gasteiger partial charge in [-0.05, 0) is 48.6 Å². The highest BCUT2D eigenvalue weighted by atomic mass is 32.2. The molecule has 4 rings (SSSR count). The third kappa shape index (κ3) is 4.94. The van der Waals surface area contributed by atoms with Crippen LogP contribution >= 0.6 is 11.3 Å². The molecule has 0 spiro atoms. The fourth-order valence-corrected chi connectivity index (χ4v) is 5.77. The second-order valence-electron chi connectivity index (χ2n) is 7.87. The summed E-state index contributed by atoms with van der Waals surface area (Å²) in [6.45, 7) is 3.25. The number of fused-ring (bicyclic) bond motifs is 1. The number of nitrogens with zero attached hydrogens (tertiary/aromatic N) is 4. The number of carbonyl (C=O) groups is 1. The summed E-state index contributed by atoms with van der Waals surface area (Å²) >= 11 is 1.52. The lowest BCUT2D eigenvalue weighted by atomic mass is 9.96. The Morgan fingerprint density at radius 1 is 1.23 bits per heavy atom. The number of hydrogen-bond acceptors (Lipinski definition) is 6. The standard InChI is InChI=1S/C22H26N4O3S2/c1-3-16-6-7-19-20(13-16)30-22(24-19)26(15-17-5-4-10-23-14-17)21(27)18-8-11-25(12-9-18)31(2,28)29/h4-7,10,13-14,18H,3,8-9,11-12,15H2,1-2H3. The zero-order valence-corrected chi connectivity index (χ0v) is 19.3. The van der Waals surface area contributed by atoms with E-state index in [0.717, 1.165) is 22.2 Å². The molecule has 1 fully saturated rings. The number of rotatable bonds is 6. The summed E-state index contributed by atoms with van der Waals surface area (Å²) in [6, 6.07) is 10.0. The molecule has 1 aliphatic rings. The molecule has 3 heterocycles. The zero-order chi connectivity index (χ0) is 22.0. The van der Waals surface area contributed by atoms with E-state index in [9.17, 15) is 13.2 Å². The third-order valence-electron chi connectivity index (χ3n) is 5.68. The minimum Gasteiger partial charge on any atom is -0.283 e. The molecule has 164 valence electrons. The lowest BCUT2D eigenvalue weighted by molar-refractivity contribution is -0.123. The van der Waals surface area contributed by atoms with Crippen molar-refractivity contribution in [2.24, 2.45) is 5.92 Å². The summed E-state index contributed by atoms with van der Waals surface area (Å²) in [5.41, 5.74) is 3.05. The smallest absolute Gasteiger partial charge is 0.232 e. The van der Waals surface area contributed by atoms with Crippen molar-refractivity contribution in [1.82, 2.24) is 14.3 Å². The van der Waals surface area contributed by atoms with Gasteiger partial charge in [0.1, 0.15) is 0 Å². The van der Waals surface area contributed by atoms with Crippen LogP contribution in [0.5, 0.6) is 0 Å². The van der Waals surface area contributed by atoms with Gasteiger partial charge < -0.3 is 0 Å². The van der Waals surface area contributed by atoms with Crippen LogP contribution in [-0.4, -0.2) is 47.9 Å². The molecule has 0 saturated carbocycles. The van der Waals surface area contributed by atoms with Gasteiger partial charge in [-0.15, -0.1) is 0 Å². The van der Waals surface area contributed by atoms with Crippen LogP contribution in [-0.2, 0) is 27.8 Å². The van der Waals surface area contributed by atoms with E-state index >= 15 is 0 Å². The fraction of sp³-hybridized carbons (Fsp3) is 0.409. The highest BCUT2D eigenvalue weighted by Gasteiger charge is 2.33. The van der Waals surface area contributed by atoms with Gasteiger partial charge in [0, 0.05) is 31.4 Å². The highest BCUT2D eigenvalue weighted by molar-refractivity contribution is 7.88. The number of anilines is 1. The first kappa shape index (κ1) is 21.9. The van der Waals surface area contributed by atoms with Crippen molar-refractivity contribution in [1.29, 1.82) is 0 Å². The SMILES string of the molecule is CCc1ccc2nc(N(Cc3cccnc3)C(=O)C3CCN(S(C)(=O)=O)CC3)sc2c1. The van der Waals surface area contributed by atoms with Gasteiger partial charge in [0.25, 0.3) is 0 Å². The second-order valence-corrected chi connectivity index (χ2v) is 10.9. The van der Waals surface area contributed by atoms with E-state index < -0.39 is 10.0 Å². The minimum absolute atomic E-state index is 0.00762. The number of aryl methyl sites for hydroxylation is 1. The second kappa shape index (κ2) is 9.02. The van der Waals surface area contributed by atoms with Gasteiger partial charge in [0.05, 0.1) is 23.0 Å². The van der Waals surface area contributed by atoms with Gasteiger partial charge in [-0.25, -0.2) is 17.7 Å². The van der Waals surface area contributed by atoms with Crippen molar-refractivity contribution < 1.29 is 13.2 Å². The molecule has 0 atom stereocenters. The lowest BCUT2D eigenvalue weighted by Crippen LogP contribution is -2.44. The number of amides is 1. The molecule has 1 aromatic carbocycles. The van der Waals surface area contributed by atoms with Crippen LogP contribution in [0.4, 0.5) is 5.13 Å². The van der Waals surface area contributed by atoms with Crippen LogP contribution in [0.15, 0.2) is 42.7 Å². The molecule has 9 heteroatoms. The van der Waals surface area contributed by atoms with E-state index in [2.05, 4.69) is 24.0 Å². The van der Waals surface area contributed by atoms with Crippen LogP contribution in [0.2, 0.25) is 0 Å². The normalized spacial score (nSPS) is 15.9. The average molecular weight is 459 g/mol. The van der Waals surface area contributed by atoms with Crippen LogP contribution in [0.25, 0.3) is 10.2 Å². The Labute approximate surface area is 186 Å². The van der Waals surface area contributed by atoms with Crippen LogP contribution < -0.4 is 4.90 Å². The summed E-state index contributed by atoms with van der Waals surface area (Å²) in [5.74, 6) is -0.236. The molecular formula is C22H26N4O3S2. The number of carbonyl (C=O) groups excluding carboxylic acids is 1. The first-order valence-corrected chi connectivity index (χ1v) is 13.1. The summed E-state index contributed by atoms with van der Waals surface area (Å²) < 4.78 is 26.2. The largest absolute Gasteiger partial charge is 0.283 e. The van der Waals surface area contributed by atoms with Gasteiger partial charge in [0.2, 0.25) is 15.9 Å². The number of benzene rings is 1. The van der Waals surface area contributed by atoms with Gasteiger partial charge in [0.15, 0.2) is 5.13 Å². The highest BCUT2D eigenvalue weighted by Crippen LogP contribution is 2.33. The van der Waals surface area contributed by atoms with Crippen LogP contribution in [0.1, 0.15) is 30.9 Å². The van der Waals surface area contributed by atoms with E-state index in [1.807, 2.05) is 18.2 Å². The molecule has 3 aromatic rings. The zero-order valence-electron chi connectivity index (χ0n) is 17.7.